The molecule has 8 aromatic rings. The van der Waals surface area contributed by atoms with Crippen LogP contribution in [0.15, 0.2) is 194 Å². The highest BCUT2D eigenvalue weighted by Crippen LogP contribution is 2.44. The molecule has 0 bridgehead atoms. The van der Waals surface area contributed by atoms with Crippen LogP contribution < -0.4 is 5.32 Å². The van der Waals surface area contributed by atoms with E-state index in [0.717, 1.165) is 71.7 Å². The molecule has 8 aliphatic heterocycles. The average Bonchev–Trinajstić information content (AvgIpc) is 1.24. The number of alkyl halides is 8. The molecule has 117 heavy (non-hydrogen) atoms. The van der Waals surface area contributed by atoms with Gasteiger partial charge in [-0.05, 0) is 162 Å². The van der Waals surface area contributed by atoms with Gasteiger partial charge in [0, 0.05) is 80.5 Å². The van der Waals surface area contributed by atoms with Crippen molar-refractivity contribution in [2.24, 2.45) is 0 Å². The first-order valence-corrected chi connectivity index (χ1v) is 38.5. The predicted molar refractivity (Wildman–Crippen MR) is 427 cm³/mol. The van der Waals surface area contributed by atoms with Crippen LogP contribution >= 0.6 is 0 Å². The summed E-state index contributed by atoms with van der Waals surface area (Å²) in [5.74, 6) is -13.3. The third-order valence-electron chi connectivity index (χ3n) is 23.5. The molecule has 8 aromatic carbocycles. The number of urea groups is 4. The summed E-state index contributed by atoms with van der Waals surface area (Å²) >= 11 is 0. The lowest BCUT2D eigenvalue weighted by Gasteiger charge is -2.41. The second-order valence-electron chi connectivity index (χ2n) is 31.3. The summed E-state index contributed by atoms with van der Waals surface area (Å²) < 4.78 is 169. The molecule has 626 valence electrons. The molecular formula is C89H102F12N12O4. The SMILES string of the molecule is C.C.CN(C(=O)N1CCc2ccccc2[C@@H]1c1ccc(F)cc1)C1CNCC1(F)F.CN1CC(N(C)C(=O)N2CCc3ccccc3[C@@H]2c2ccc(F)cc2)C(F)(F)C1.CN1C[C@@H](N(C)C(=O)N2CCc3ccccc3[C@@H]2c2ccc(F)cc2)C(F)(F)C1.CN1C[C@H](N(C)C(=O)N2CCc3ccccc3[C@@H]2c2ccc(F)cc2)C(F)(F)C1. The first kappa shape index (κ1) is 87.7. The normalized spacial score (nSPS) is 23.2. The molecule has 8 heterocycles. The summed E-state index contributed by atoms with van der Waals surface area (Å²) in [5.41, 5.74) is 11.3. The molecule has 0 saturated carbocycles. The van der Waals surface area contributed by atoms with E-state index in [1.54, 1.807) is 89.3 Å². The number of fused-ring (bicyclic) bond motifs is 4. The van der Waals surface area contributed by atoms with Crippen molar-refractivity contribution >= 4 is 24.1 Å². The molecule has 8 aliphatic rings. The van der Waals surface area contributed by atoms with Gasteiger partial charge in [-0.25, -0.2) is 71.9 Å². The zero-order chi connectivity index (χ0) is 82.2. The highest BCUT2D eigenvalue weighted by atomic mass is 19.3. The minimum absolute atomic E-state index is 0. The summed E-state index contributed by atoms with van der Waals surface area (Å²) in [7, 11) is 10.7. The Morgan fingerprint density at radius 2 is 0.538 bits per heavy atom. The van der Waals surface area contributed by atoms with Gasteiger partial charge in [-0.15, -0.1) is 0 Å². The Morgan fingerprint density at radius 3 is 0.735 bits per heavy atom. The Balaban J connectivity index is 0.000000152. The largest absolute Gasteiger partial charge is 0.321 e. The molecule has 4 saturated heterocycles. The van der Waals surface area contributed by atoms with Crippen molar-refractivity contribution in [2.75, 3.05) is 128 Å². The molecule has 2 unspecified atom stereocenters. The molecule has 0 spiro atoms. The van der Waals surface area contributed by atoms with Gasteiger partial charge in [-0.3, -0.25) is 14.7 Å². The monoisotopic (exact) mass is 1630 g/mol. The lowest BCUT2D eigenvalue weighted by Crippen LogP contribution is -2.54. The number of likely N-dealkylation sites (N-methyl/N-ethyl adjacent to an activating group) is 7. The van der Waals surface area contributed by atoms with E-state index >= 15 is 0 Å². The van der Waals surface area contributed by atoms with Gasteiger partial charge in [0.15, 0.2) is 0 Å². The molecule has 4 fully saturated rings. The van der Waals surface area contributed by atoms with Crippen molar-refractivity contribution in [3.8, 4) is 0 Å². The number of carbonyl (C=O) groups excluding carboxylic acids is 4. The number of likely N-dealkylation sites (tertiary alicyclic amines) is 3. The fourth-order valence-corrected chi connectivity index (χ4v) is 17.6. The van der Waals surface area contributed by atoms with E-state index in [9.17, 15) is 71.9 Å². The quantitative estimate of drug-likeness (QED) is 0.150. The Bertz CT molecular complexity index is 4410. The lowest BCUT2D eigenvalue weighted by atomic mass is 9.88. The second kappa shape index (κ2) is 36.0. The van der Waals surface area contributed by atoms with E-state index in [1.165, 1.54) is 106 Å². The van der Waals surface area contributed by atoms with Crippen molar-refractivity contribution in [1.82, 2.24) is 59.2 Å². The van der Waals surface area contributed by atoms with Gasteiger partial charge in [-0.1, -0.05) is 160 Å². The third-order valence-corrected chi connectivity index (χ3v) is 23.5. The fraction of sp³-hybridized carbons (Fsp3) is 0.416. The summed E-state index contributed by atoms with van der Waals surface area (Å²) in [6.07, 6.45) is 2.59. The first-order valence-electron chi connectivity index (χ1n) is 38.5. The zero-order valence-corrected chi connectivity index (χ0v) is 65.0. The number of hydrogen-bond donors (Lipinski definition) is 1. The van der Waals surface area contributed by atoms with Crippen LogP contribution in [0.4, 0.5) is 71.9 Å². The van der Waals surface area contributed by atoms with E-state index in [1.807, 2.05) is 97.1 Å². The first-order chi connectivity index (χ1) is 54.7. The van der Waals surface area contributed by atoms with Crippen LogP contribution in [0.25, 0.3) is 0 Å². The number of nitrogens with zero attached hydrogens (tertiary/aromatic N) is 11. The maximum atomic E-state index is 14.4. The summed E-state index contributed by atoms with van der Waals surface area (Å²) in [6, 6.07) is 47.0. The topological polar surface area (TPSA) is 116 Å². The van der Waals surface area contributed by atoms with Gasteiger partial charge >= 0.3 is 24.1 Å². The molecule has 8 amide bonds. The van der Waals surface area contributed by atoms with Crippen molar-refractivity contribution in [3.63, 3.8) is 0 Å². The number of hydrogen-bond acceptors (Lipinski definition) is 8. The van der Waals surface area contributed by atoms with Gasteiger partial charge in [0.25, 0.3) is 23.7 Å². The number of carbonyl (C=O) groups is 4. The second-order valence-corrected chi connectivity index (χ2v) is 31.3. The van der Waals surface area contributed by atoms with E-state index in [0.29, 0.717) is 51.9 Å². The molecular weight excluding hydrogens is 1530 g/mol. The van der Waals surface area contributed by atoms with Crippen molar-refractivity contribution < 1.29 is 71.9 Å². The molecule has 0 aliphatic carbocycles. The van der Waals surface area contributed by atoms with E-state index < -0.39 is 103 Å². The highest BCUT2D eigenvalue weighted by Gasteiger charge is 2.55. The van der Waals surface area contributed by atoms with Crippen LogP contribution in [-0.2, 0) is 25.7 Å². The number of nitrogens with one attached hydrogen (secondary N) is 1. The van der Waals surface area contributed by atoms with Gasteiger partial charge in [0.05, 0.1) is 50.3 Å². The van der Waals surface area contributed by atoms with Crippen molar-refractivity contribution in [2.45, 2.75) is 113 Å². The minimum atomic E-state index is -2.97. The standard InChI is InChI=1S/3C22H24F3N3O.C21H22F3N3O.2CH4/c3*1-26-13-19(22(24,25)14-26)27(2)21(29)28-12-11-15-5-3-4-6-18(15)20(28)16-7-9-17(23)10-8-16;1-26(18-12-25-13-21(18,23)24)20(28)27-11-10-14-4-2-3-5-17(14)19(27)15-6-8-16(22)9-7-15;;/h3*3-10,19-20H,11-14H2,1-2H3;2-9,18-19,25H,10-13H2,1H3;2*1H4/t19?,20-;19-,20+;19-,20-;18?,19-;;/m0100../s1. The summed E-state index contributed by atoms with van der Waals surface area (Å²) in [5, 5.41) is 2.66. The van der Waals surface area contributed by atoms with Crippen LogP contribution in [0.5, 0.6) is 0 Å². The van der Waals surface area contributed by atoms with Gasteiger partial charge in [-0.2, -0.15) is 0 Å². The summed E-state index contributed by atoms with van der Waals surface area (Å²) in [4.78, 5) is 69.1. The highest BCUT2D eigenvalue weighted by molar-refractivity contribution is 5.79. The van der Waals surface area contributed by atoms with E-state index in [2.05, 4.69) is 5.32 Å². The molecule has 0 radical (unpaired) electrons. The lowest BCUT2D eigenvalue weighted by molar-refractivity contribution is -0.0377. The number of halogens is 12. The smallest absolute Gasteiger partial charge is 0.317 e. The Labute approximate surface area is 676 Å². The van der Waals surface area contributed by atoms with Crippen molar-refractivity contribution in [3.05, 3.63) is 284 Å². The molecule has 8 atom stereocenters. The maximum absolute atomic E-state index is 14.4. The Hall–Kier alpha value is -10.2. The molecule has 16 rings (SSSR count). The maximum Gasteiger partial charge on any atom is 0.321 e. The van der Waals surface area contributed by atoms with Gasteiger partial charge < -0.3 is 44.5 Å². The molecule has 1 N–H and O–H groups in total. The predicted octanol–water partition coefficient (Wildman–Crippen LogP) is 16.0. The number of rotatable bonds is 8. The van der Waals surface area contributed by atoms with Crippen LogP contribution in [0.3, 0.4) is 0 Å². The Morgan fingerprint density at radius 1 is 0.325 bits per heavy atom. The molecule has 0 aromatic heterocycles. The van der Waals surface area contributed by atoms with Crippen LogP contribution in [0.2, 0.25) is 0 Å². The summed E-state index contributed by atoms with van der Waals surface area (Å²) in [6.45, 7) is 0.568. The third kappa shape index (κ3) is 18.6. The van der Waals surface area contributed by atoms with Crippen LogP contribution in [0, 0.1) is 23.3 Å². The zero-order valence-electron chi connectivity index (χ0n) is 65.0. The van der Waals surface area contributed by atoms with E-state index in [4.69, 9.17) is 0 Å². The molecule has 16 nitrogen and oxygen atoms in total. The van der Waals surface area contributed by atoms with Crippen LogP contribution in [0.1, 0.15) is 106 Å². The van der Waals surface area contributed by atoms with E-state index in [-0.39, 0.29) is 83.9 Å². The number of amides is 8. The van der Waals surface area contributed by atoms with Gasteiger partial charge in [0.2, 0.25) is 0 Å². The van der Waals surface area contributed by atoms with Gasteiger partial charge in [0.1, 0.15) is 47.4 Å². The van der Waals surface area contributed by atoms with Crippen molar-refractivity contribution in [1.29, 1.82) is 0 Å². The average molecular weight is 1630 g/mol. The molecule has 28 heteroatoms. The fourth-order valence-electron chi connectivity index (χ4n) is 17.6. The number of benzene rings is 8. The van der Waals surface area contributed by atoms with Crippen LogP contribution in [-0.4, -0.2) is 254 Å². The minimum Gasteiger partial charge on any atom is -0.317 e. The Kier molecular flexibility index (Phi) is 27.0.